The molecule has 0 radical (unpaired) electrons. The van der Waals surface area contributed by atoms with E-state index in [1.54, 1.807) is 0 Å². The summed E-state index contributed by atoms with van der Waals surface area (Å²) in [6.45, 7) is 5.10. The van der Waals surface area contributed by atoms with Crippen molar-refractivity contribution >= 4 is 5.71 Å². The van der Waals surface area contributed by atoms with Gasteiger partial charge in [-0.3, -0.25) is 0 Å². The van der Waals surface area contributed by atoms with Crippen LogP contribution in [0.15, 0.2) is 5.16 Å². The first kappa shape index (κ1) is 12.5. The minimum absolute atomic E-state index is 0.718. The highest BCUT2D eigenvalue weighted by Crippen LogP contribution is 2.26. The van der Waals surface area contributed by atoms with Crippen LogP contribution in [0.3, 0.4) is 0 Å². The van der Waals surface area contributed by atoms with Gasteiger partial charge in [0.05, 0.1) is 5.71 Å². The Bertz CT molecular complexity index is 183. The van der Waals surface area contributed by atoms with Crippen LogP contribution in [0, 0.1) is 5.92 Å². The molecule has 88 valence electrons. The van der Waals surface area contributed by atoms with E-state index in [-0.39, 0.29) is 0 Å². The molecule has 0 saturated heterocycles. The fourth-order valence-electron chi connectivity index (χ4n) is 2.24. The monoisotopic (exact) mass is 211 g/mol. The van der Waals surface area contributed by atoms with Gasteiger partial charge >= 0.3 is 0 Å². The van der Waals surface area contributed by atoms with Crippen LogP contribution in [0.2, 0.25) is 0 Å². The van der Waals surface area contributed by atoms with Gasteiger partial charge in [-0.15, -0.1) is 0 Å². The predicted molar refractivity (Wildman–Crippen MR) is 65.2 cm³/mol. The highest BCUT2D eigenvalue weighted by molar-refractivity contribution is 5.86. The average molecular weight is 211 g/mol. The van der Waals surface area contributed by atoms with E-state index in [4.69, 9.17) is 4.84 Å². The van der Waals surface area contributed by atoms with E-state index < -0.39 is 0 Å². The fraction of sp³-hybridized carbons (Fsp3) is 0.923. The van der Waals surface area contributed by atoms with Crippen molar-refractivity contribution in [1.29, 1.82) is 0 Å². The SMILES string of the molecule is CCCO/N=C(\CCC)C1CCCCC1. The summed E-state index contributed by atoms with van der Waals surface area (Å²) in [7, 11) is 0. The molecule has 1 rings (SSSR count). The van der Waals surface area contributed by atoms with Crippen molar-refractivity contribution in [3.63, 3.8) is 0 Å². The number of hydrogen-bond donors (Lipinski definition) is 0. The second-order valence-electron chi connectivity index (χ2n) is 4.50. The Morgan fingerprint density at radius 1 is 1.13 bits per heavy atom. The molecule has 0 unspecified atom stereocenters. The van der Waals surface area contributed by atoms with Gasteiger partial charge in [-0.05, 0) is 25.7 Å². The van der Waals surface area contributed by atoms with Crippen molar-refractivity contribution in [2.75, 3.05) is 6.61 Å². The smallest absolute Gasteiger partial charge is 0.116 e. The van der Waals surface area contributed by atoms with Crippen molar-refractivity contribution in [1.82, 2.24) is 0 Å². The highest BCUT2D eigenvalue weighted by atomic mass is 16.6. The van der Waals surface area contributed by atoms with Crippen LogP contribution in [0.1, 0.15) is 65.2 Å². The van der Waals surface area contributed by atoms with Crippen LogP contribution in [0.5, 0.6) is 0 Å². The molecule has 2 nitrogen and oxygen atoms in total. The molecule has 1 aliphatic carbocycles. The zero-order valence-electron chi connectivity index (χ0n) is 10.3. The first-order valence-corrected chi connectivity index (χ1v) is 6.57. The quantitative estimate of drug-likeness (QED) is 0.367. The number of hydrogen-bond acceptors (Lipinski definition) is 2. The van der Waals surface area contributed by atoms with E-state index in [1.807, 2.05) is 0 Å². The minimum atomic E-state index is 0.718. The molecule has 0 aromatic heterocycles. The number of oxime groups is 1. The van der Waals surface area contributed by atoms with E-state index >= 15 is 0 Å². The van der Waals surface area contributed by atoms with E-state index in [1.165, 1.54) is 44.2 Å². The molecule has 1 fully saturated rings. The lowest BCUT2D eigenvalue weighted by Crippen LogP contribution is -2.18. The fourth-order valence-corrected chi connectivity index (χ4v) is 2.24. The van der Waals surface area contributed by atoms with Crippen molar-refractivity contribution in [2.24, 2.45) is 11.1 Å². The summed E-state index contributed by atoms with van der Waals surface area (Å²) in [6, 6.07) is 0. The van der Waals surface area contributed by atoms with Crippen molar-refractivity contribution in [2.45, 2.75) is 65.2 Å². The van der Waals surface area contributed by atoms with E-state index in [9.17, 15) is 0 Å². The third kappa shape index (κ3) is 4.67. The van der Waals surface area contributed by atoms with Gasteiger partial charge in [0.2, 0.25) is 0 Å². The predicted octanol–water partition coefficient (Wildman–Crippen LogP) is 4.15. The van der Waals surface area contributed by atoms with Crippen molar-refractivity contribution in [3.8, 4) is 0 Å². The number of nitrogens with zero attached hydrogens (tertiary/aromatic N) is 1. The van der Waals surface area contributed by atoms with E-state index in [0.29, 0.717) is 0 Å². The van der Waals surface area contributed by atoms with Gasteiger partial charge in [0.25, 0.3) is 0 Å². The molecule has 0 bridgehead atoms. The molecule has 0 heterocycles. The minimum Gasteiger partial charge on any atom is -0.396 e. The topological polar surface area (TPSA) is 21.6 Å². The first-order chi connectivity index (χ1) is 7.38. The maximum Gasteiger partial charge on any atom is 0.116 e. The molecular formula is C13H25NO. The Kier molecular flexibility index (Phi) is 6.45. The van der Waals surface area contributed by atoms with Crippen LogP contribution in [-0.4, -0.2) is 12.3 Å². The van der Waals surface area contributed by atoms with Crippen LogP contribution >= 0.6 is 0 Å². The second kappa shape index (κ2) is 7.72. The van der Waals surface area contributed by atoms with Crippen LogP contribution in [0.4, 0.5) is 0 Å². The average Bonchev–Trinajstić information content (AvgIpc) is 2.29. The molecule has 1 saturated carbocycles. The standard InChI is InChI=1S/C13H25NO/c1-3-8-13(14-15-11-4-2)12-9-6-5-7-10-12/h12H,3-11H2,1-2H3/b14-13+. The zero-order chi connectivity index (χ0) is 10.9. The Morgan fingerprint density at radius 3 is 2.47 bits per heavy atom. The molecule has 0 spiro atoms. The van der Waals surface area contributed by atoms with Crippen molar-refractivity contribution in [3.05, 3.63) is 0 Å². The second-order valence-corrected chi connectivity index (χ2v) is 4.50. The van der Waals surface area contributed by atoms with Gasteiger partial charge in [-0.25, -0.2) is 0 Å². The molecule has 0 aliphatic heterocycles. The summed E-state index contributed by atoms with van der Waals surface area (Å²) in [5.74, 6) is 0.718. The van der Waals surface area contributed by atoms with Gasteiger partial charge in [0.1, 0.15) is 6.61 Å². The van der Waals surface area contributed by atoms with E-state index in [2.05, 4.69) is 19.0 Å². The Morgan fingerprint density at radius 2 is 1.87 bits per heavy atom. The third-order valence-corrected chi connectivity index (χ3v) is 3.06. The Hall–Kier alpha value is -0.530. The normalized spacial score (nSPS) is 19.2. The zero-order valence-corrected chi connectivity index (χ0v) is 10.3. The molecular weight excluding hydrogens is 186 g/mol. The summed E-state index contributed by atoms with van der Waals surface area (Å²) < 4.78 is 0. The molecule has 1 aliphatic rings. The molecule has 0 aromatic rings. The van der Waals surface area contributed by atoms with Crippen LogP contribution in [0.25, 0.3) is 0 Å². The summed E-state index contributed by atoms with van der Waals surface area (Å²) in [4.78, 5) is 5.34. The maximum absolute atomic E-state index is 5.34. The maximum atomic E-state index is 5.34. The molecule has 0 atom stereocenters. The molecule has 2 heteroatoms. The van der Waals surface area contributed by atoms with Gasteiger partial charge in [-0.2, -0.15) is 0 Å². The molecule has 0 aromatic carbocycles. The van der Waals surface area contributed by atoms with Crippen molar-refractivity contribution < 1.29 is 4.84 Å². The largest absolute Gasteiger partial charge is 0.396 e. The Labute approximate surface area is 94.1 Å². The van der Waals surface area contributed by atoms with Gasteiger partial charge in [-0.1, -0.05) is 44.7 Å². The summed E-state index contributed by atoms with van der Waals surface area (Å²) in [5.41, 5.74) is 1.32. The van der Waals surface area contributed by atoms with Crippen LogP contribution < -0.4 is 0 Å². The first-order valence-electron chi connectivity index (χ1n) is 6.57. The summed E-state index contributed by atoms with van der Waals surface area (Å²) >= 11 is 0. The van der Waals surface area contributed by atoms with Gasteiger partial charge in [0.15, 0.2) is 0 Å². The Balaban J connectivity index is 2.43. The lowest BCUT2D eigenvalue weighted by molar-refractivity contribution is 0.141. The van der Waals surface area contributed by atoms with Gasteiger partial charge in [0, 0.05) is 5.92 Å². The van der Waals surface area contributed by atoms with E-state index in [0.717, 1.165) is 25.4 Å². The lowest BCUT2D eigenvalue weighted by Gasteiger charge is -2.22. The lowest BCUT2D eigenvalue weighted by atomic mass is 9.84. The highest BCUT2D eigenvalue weighted by Gasteiger charge is 2.19. The number of rotatable bonds is 6. The van der Waals surface area contributed by atoms with Gasteiger partial charge < -0.3 is 4.84 Å². The summed E-state index contributed by atoms with van der Waals surface area (Å²) in [5, 5.41) is 4.34. The molecule has 15 heavy (non-hydrogen) atoms. The van der Waals surface area contributed by atoms with Crippen LogP contribution in [-0.2, 0) is 4.84 Å². The molecule has 0 amide bonds. The third-order valence-electron chi connectivity index (χ3n) is 3.06. The summed E-state index contributed by atoms with van der Waals surface area (Å²) in [6.07, 6.45) is 10.2. The molecule has 0 N–H and O–H groups in total.